The number of ether oxygens (including phenoxy) is 1. The average Bonchev–Trinajstić information content (AvgIpc) is 2.19. The molecular weight excluding hydrogens is 190 g/mol. The van der Waals surface area contributed by atoms with Gasteiger partial charge in [-0.2, -0.15) is 0 Å². The van der Waals surface area contributed by atoms with E-state index in [4.69, 9.17) is 9.84 Å². The van der Waals surface area contributed by atoms with Crippen molar-refractivity contribution < 1.29 is 9.84 Å². The second-order valence-electron chi connectivity index (χ2n) is 4.70. The van der Waals surface area contributed by atoms with Crippen molar-refractivity contribution in [2.75, 3.05) is 19.8 Å². The van der Waals surface area contributed by atoms with E-state index in [1.165, 1.54) is 12.8 Å². The van der Waals surface area contributed by atoms with Gasteiger partial charge in [-0.3, -0.25) is 0 Å². The number of hydrogen-bond acceptors (Lipinski definition) is 3. The summed E-state index contributed by atoms with van der Waals surface area (Å²) in [6.45, 7) is 6.36. The van der Waals surface area contributed by atoms with Gasteiger partial charge in [0, 0.05) is 31.4 Å². The van der Waals surface area contributed by atoms with Gasteiger partial charge in [0.1, 0.15) is 0 Å². The molecule has 0 aromatic carbocycles. The lowest BCUT2D eigenvalue weighted by atomic mass is 9.86. The van der Waals surface area contributed by atoms with Crippen LogP contribution in [0.4, 0.5) is 0 Å². The smallest absolute Gasteiger partial charge is 0.0483 e. The van der Waals surface area contributed by atoms with Crippen LogP contribution in [0.15, 0.2) is 0 Å². The van der Waals surface area contributed by atoms with Gasteiger partial charge in [-0.25, -0.2) is 0 Å². The highest BCUT2D eigenvalue weighted by molar-refractivity contribution is 4.91. The van der Waals surface area contributed by atoms with E-state index in [0.717, 1.165) is 32.5 Å². The average molecular weight is 215 g/mol. The number of rotatable bonds is 6. The maximum Gasteiger partial charge on any atom is 0.0483 e. The van der Waals surface area contributed by atoms with Crippen molar-refractivity contribution in [2.45, 2.75) is 57.5 Å². The minimum atomic E-state index is 0.127. The third kappa shape index (κ3) is 4.09. The molecule has 0 amide bonds. The van der Waals surface area contributed by atoms with E-state index in [-0.39, 0.29) is 12.1 Å². The molecular formula is C12H25NO2. The largest absolute Gasteiger partial charge is 0.396 e. The van der Waals surface area contributed by atoms with E-state index in [9.17, 15) is 0 Å². The fraction of sp³-hybridized carbons (Fsp3) is 1.00. The van der Waals surface area contributed by atoms with E-state index >= 15 is 0 Å². The van der Waals surface area contributed by atoms with Gasteiger partial charge in [-0.1, -0.05) is 13.3 Å². The summed E-state index contributed by atoms with van der Waals surface area (Å²) in [7, 11) is 0. The Bertz CT molecular complexity index is 161. The molecule has 2 N–H and O–H groups in total. The minimum Gasteiger partial charge on any atom is -0.396 e. The van der Waals surface area contributed by atoms with Crippen LogP contribution < -0.4 is 5.32 Å². The summed E-state index contributed by atoms with van der Waals surface area (Å²) in [5.41, 5.74) is 0.127. The number of aliphatic hydroxyl groups excluding tert-OH is 1. The van der Waals surface area contributed by atoms with E-state index in [2.05, 4.69) is 19.2 Å². The maximum absolute atomic E-state index is 9.15. The molecule has 15 heavy (non-hydrogen) atoms. The van der Waals surface area contributed by atoms with E-state index in [0.29, 0.717) is 6.04 Å². The Hall–Kier alpha value is -0.120. The van der Waals surface area contributed by atoms with Crippen molar-refractivity contribution in [1.82, 2.24) is 5.32 Å². The van der Waals surface area contributed by atoms with Crippen LogP contribution in [0, 0.1) is 0 Å². The molecule has 0 aromatic rings. The lowest BCUT2D eigenvalue weighted by Gasteiger charge is -2.40. The van der Waals surface area contributed by atoms with Crippen molar-refractivity contribution in [3.8, 4) is 0 Å². The predicted octanol–water partition coefficient (Wildman–Crippen LogP) is 1.70. The first-order chi connectivity index (χ1) is 7.22. The lowest BCUT2D eigenvalue weighted by Crippen LogP contribution is -2.53. The van der Waals surface area contributed by atoms with Gasteiger partial charge in [0.15, 0.2) is 0 Å². The van der Waals surface area contributed by atoms with Crippen molar-refractivity contribution >= 4 is 0 Å². The zero-order valence-electron chi connectivity index (χ0n) is 10.1. The van der Waals surface area contributed by atoms with Crippen LogP contribution >= 0.6 is 0 Å². The highest BCUT2D eigenvalue weighted by Gasteiger charge is 2.32. The second-order valence-corrected chi connectivity index (χ2v) is 4.70. The van der Waals surface area contributed by atoms with E-state index in [1.807, 2.05) is 0 Å². The second kappa shape index (κ2) is 6.46. The molecule has 0 radical (unpaired) electrons. The van der Waals surface area contributed by atoms with Gasteiger partial charge >= 0.3 is 0 Å². The summed E-state index contributed by atoms with van der Waals surface area (Å²) in [6.07, 6.45) is 5.32. The fourth-order valence-electron chi connectivity index (χ4n) is 2.47. The first-order valence-corrected chi connectivity index (χ1v) is 6.19. The van der Waals surface area contributed by atoms with Crippen molar-refractivity contribution in [3.63, 3.8) is 0 Å². The number of aliphatic hydroxyl groups is 1. The summed E-state index contributed by atoms with van der Waals surface area (Å²) >= 11 is 0. The van der Waals surface area contributed by atoms with E-state index < -0.39 is 0 Å². The molecule has 0 saturated carbocycles. The van der Waals surface area contributed by atoms with Crippen LogP contribution in [-0.2, 0) is 4.74 Å². The summed E-state index contributed by atoms with van der Waals surface area (Å²) < 4.78 is 5.39. The topological polar surface area (TPSA) is 41.5 Å². The summed E-state index contributed by atoms with van der Waals surface area (Å²) in [4.78, 5) is 0. The Balaban J connectivity index is 2.47. The molecule has 1 unspecified atom stereocenters. The molecule has 1 fully saturated rings. The van der Waals surface area contributed by atoms with Crippen LogP contribution in [0.5, 0.6) is 0 Å². The highest BCUT2D eigenvalue weighted by atomic mass is 16.5. The number of hydrogen-bond donors (Lipinski definition) is 2. The van der Waals surface area contributed by atoms with Gasteiger partial charge in [-0.15, -0.1) is 0 Å². The first kappa shape index (κ1) is 12.9. The molecule has 3 nitrogen and oxygen atoms in total. The van der Waals surface area contributed by atoms with Crippen LogP contribution in [0.25, 0.3) is 0 Å². The lowest BCUT2D eigenvalue weighted by molar-refractivity contribution is 0.0228. The summed E-state index contributed by atoms with van der Waals surface area (Å²) in [5.74, 6) is 0. The van der Waals surface area contributed by atoms with Crippen molar-refractivity contribution in [2.24, 2.45) is 0 Å². The third-order valence-electron chi connectivity index (χ3n) is 3.31. The normalized spacial score (nSPS) is 22.6. The Labute approximate surface area is 93.2 Å². The van der Waals surface area contributed by atoms with Gasteiger partial charge < -0.3 is 15.2 Å². The molecule has 0 bridgehead atoms. The van der Waals surface area contributed by atoms with Crippen LogP contribution in [-0.4, -0.2) is 36.5 Å². The summed E-state index contributed by atoms with van der Waals surface area (Å²) in [6, 6.07) is 0.541. The molecule has 1 heterocycles. The first-order valence-electron chi connectivity index (χ1n) is 6.19. The highest BCUT2D eigenvalue weighted by Crippen LogP contribution is 2.25. The van der Waals surface area contributed by atoms with Crippen molar-refractivity contribution in [1.29, 1.82) is 0 Å². The Morgan fingerprint density at radius 3 is 2.60 bits per heavy atom. The van der Waals surface area contributed by atoms with Crippen LogP contribution in [0.3, 0.4) is 0 Å². The van der Waals surface area contributed by atoms with Gasteiger partial charge in [0.2, 0.25) is 0 Å². The van der Waals surface area contributed by atoms with Gasteiger partial charge in [-0.05, 0) is 32.6 Å². The van der Waals surface area contributed by atoms with Crippen LogP contribution in [0.2, 0.25) is 0 Å². The van der Waals surface area contributed by atoms with Crippen LogP contribution in [0.1, 0.15) is 46.0 Å². The zero-order valence-corrected chi connectivity index (χ0v) is 10.1. The standard InChI is InChI=1S/C12H25NO2/c1-3-4-11(2)13-12(5-8-14)6-9-15-10-7-12/h11,13-14H,3-10H2,1-2H3. The maximum atomic E-state index is 9.15. The van der Waals surface area contributed by atoms with Gasteiger partial charge in [0.25, 0.3) is 0 Å². The molecule has 0 aliphatic carbocycles. The van der Waals surface area contributed by atoms with Gasteiger partial charge in [0.05, 0.1) is 0 Å². The zero-order chi connectivity index (χ0) is 11.1. The molecule has 0 aromatic heterocycles. The molecule has 1 aliphatic heterocycles. The molecule has 1 aliphatic rings. The molecule has 0 spiro atoms. The summed E-state index contributed by atoms with van der Waals surface area (Å²) in [5, 5.41) is 12.8. The molecule has 1 rings (SSSR count). The van der Waals surface area contributed by atoms with E-state index in [1.54, 1.807) is 0 Å². The molecule has 1 saturated heterocycles. The Morgan fingerprint density at radius 2 is 2.07 bits per heavy atom. The predicted molar refractivity (Wildman–Crippen MR) is 62.0 cm³/mol. The Morgan fingerprint density at radius 1 is 1.40 bits per heavy atom. The fourth-order valence-corrected chi connectivity index (χ4v) is 2.47. The Kier molecular flexibility index (Phi) is 5.58. The molecule has 1 atom stereocenters. The quantitative estimate of drug-likeness (QED) is 0.708. The monoisotopic (exact) mass is 215 g/mol. The minimum absolute atomic E-state index is 0.127. The number of nitrogens with one attached hydrogen (secondary N) is 1. The molecule has 90 valence electrons. The third-order valence-corrected chi connectivity index (χ3v) is 3.31. The van der Waals surface area contributed by atoms with Crippen molar-refractivity contribution in [3.05, 3.63) is 0 Å². The molecule has 3 heteroatoms. The SMILES string of the molecule is CCCC(C)NC1(CCO)CCOCC1.